The van der Waals surface area contributed by atoms with Gasteiger partial charge in [0, 0.05) is 16.6 Å². The van der Waals surface area contributed by atoms with Gasteiger partial charge in [-0.1, -0.05) is 36.4 Å². The van der Waals surface area contributed by atoms with Gasteiger partial charge in [-0.05, 0) is 43.5 Å². The SMILES string of the molecule is CC(=O)c1cccc(NC(=O)C(C)N2c3cccc4cccc(c34)S2(=O)=O)c1. The molecule has 1 amide bonds. The molecule has 1 heterocycles. The predicted molar refractivity (Wildman–Crippen MR) is 108 cm³/mol. The highest BCUT2D eigenvalue weighted by atomic mass is 32.2. The van der Waals surface area contributed by atoms with Gasteiger partial charge in [-0.2, -0.15) is 0 Å². The van der Waals surface area contributed by atoms with Gasteiger partial charge in [0.25, 0.3) is 10.0 Å². The van der Waals surface area contributed by atoms with E-state index in [1.807, 2.05) is 12.1 Å². The molecule has 1 aliphatic heterocycles. The van der Waals surface area contributed by atoms with Crippen LogP contribution in [0.3, 0.4) is 0 Å². The van der Waals surface area contributed by atoms with Crippen LogP contribution in [0.5, 0.6) is 0 Å². The molecule has 0 aromatic heterocycles. The molecule has 142 valence electrons. The molecule has 0 aliphatic carbocycles. The summed E-state index contributed by atoms with van der Waals surface area (Å²) in [4.78, 5) is 24.6. The molecule has 1 unspecified atom stereocenters. The van der Waals surface area contributed by atoms with Gasteiger partial charge >= 0.3 is 0 Å². The highest BCUT2D eigenvalue weighted by Crippen LogP contribution is 2.43. The molecular weight excluding hydrogens is 376 g/mol. The van der Waals surface area contributed by atoms with Crippen LogP contribution in [-0.2, 0) is 14.8 Å². The van der Waals surface area contributed by atoms with Crippen LogP contribution in [-0.4, -0.2) is 26.2 Å². The van der Waals surface area contributed by atoms with Crippen LogP contribution in [0, 0.1) is 0 Å². The van der Waals surface area contributed by atoms with Crippen molar-refractivity contribution in [2.45, 2.75) is 24.8 Å². The van der Waals surface area contributed by atoms with Gasteiger partial charge in [0.15, 0.2) is 5.78 Å². The van der Waals surface area contributed by atoms with Crippen molar-refractivity contribution < 1.29 is 18.0 Å². The quantitative estimate of drug-likeness (QED) is 0.686. The van der Waals surface area contributed by atoms with E-state index in [9.17, 15) is 18.0 Å². The molecule has 0 saturated carbocycles. The maximum Gasteiger partial charge on any atom is 0.265 e. The van der Waals surface area contributed by atoms with E-state index in [2.05, 4.69) is 5.32 Å². The summed E-state index contributed by atoms with van der Waals surface area (Å²) in [5.74, 6) is -0.595. The Morgan fingerprint density at radius 1 is 1.00 bits per heavy atom. The van der Waals surface area contributed by atoms with Crippen LogP contribution in [0.2, 0.25) is 0 Å². The van der Waals surface area contributed by atoms with Crippen molar-refractivity contribution in [2.24, 2.45) is 0 Å². The number of sulfonamides is 1. The van der Waals surface area contributed by atoms with Crippen molar-refractivity contribution in [3.8, 4) is 0 Å². The maximum absolute atomic E-state index is 13.1. The summed E-state index contributed by atoms with van der Waals surface area (Å²) >= 11 is 0. The van der Waals surface area contributed by atoms with Gasteiger partial charge in [0.1, 0.15) is 6.04 Å². The van der Waals surface area contributed by atoms with Gasteiger partial charge in [-0.15, -0.1) is 0 Å². The maximum atomic E-state index is 13.1. The first-order chi connectivity index (χ1) is 13.3. The topological polar surface area (TPSA) is 83.6 Å². The Bertz CT molecular complexity index is 1230. The lowest BCUT2D eigenvalue weighted by Gasteiger charge is -2.25. The highest BCUT2D eigenvalue weighted by molar-refractivity contribution is 7.93. The summed E-state index contributed by atoms with van der Waals surface area (Å²) in [5.41, 5.74) is 1.40. The number of carbonyl (C=O) groups excluding carboxylic acids is 2. The van der Waals surface area contributed by atoms with Crippen molar-refractivity contribution in [1.29, 1.82) is 0 Å². The van der Waals surface area contributed by atoms with E-state index in [4.69, 9.17) is 0 Å². The molecule has 6 nitrogen and oxygen atoms in total. The molecule has 3 aromatic carbocycles. The standard InChI is InChI=1S/C21H18N2O4S/c1-13(21(25)22-17-9-3-8-16(12-17)14(2)24)23-18-10-4-6-15-7-5-11-19(20(15)18)28(23,26)27/h3-13H,1-2H3,(H,22,25). The average molecular weight is 394 g/mol. The molecule has 4 rings (SSSR count). The number of hydrogen-bond acceptors (Lipinski definition) is 4. The second-order valence-electron chi connectivity index (χ2n) is 6.73. The Kier molecular flexibility index (Phi) is 4.19. The van der Waals surface area contributed by atoms with Crippen molar-refractivity contribution in [3.05, 3.63) is 66.2 Å². The smallest absolute Gasteiger partial charge is 0.265 e. The summed E-state index contributed by atoms with van der Waals surface area (Å²) in [5, 5.41) is 4.15. The molecule has 3 aromatic rings. The lowest BCUT2D eigenvalue weighted by atomic mass is 10.1. The number of rotatable bonds is 4. The van der Waals surface area contributed by atoms with Crippen LogP contribution < -0.4 is 9.62 Å². The fraction of sp³-hybridized carbons (Fsp3) is 0.143. The number of nitrogens with one attached hydrogen (secondary N) is 1. The first kappa shape index (κ1) is 18.2. The lowest BCUT2D eigenvalue weighted by Crippen LogP contribution is -2.44. The number of anilines is 2. The van der Waals surface area contributed by atoms with Gasteiger partial charge in [0.05, 0.1) is 10.6 Å². The summed E-state index contributed by atoms with van der Waals surface area (Å²) < 4.78 is 27.4. The van der Waals surface area contributed by atoms with Gasteiger partial charge in [-0.25, -0.2) is 8.42 Å². The predicted octanol–water partition coefficient (Wildman–Crippen LogP) is 3.58. The zero-order chi connectivity index (χ0) is 20.1. The second kappa shape index (κ2) is 6.45. The minimum absolute atomic E-state index is 0.117. The molecule has 0 saturated heterocycles. The van der Waals surface area contributed by atoms with Crippen LogP contribution in [0.1, 0.15) is 24.2 Å². The molecule has 1 aliphatic rings. The number of ketones is 1. The second-order valence-corrected chi connectivity index (χ2v) is 8.52. The Labute approximate surface area is 162 Å². The van der Waals surface area contributed by atoms with E-state index in [1.165, 1.54) is 6.92 Å². The molecule has 0 radical (unpaired) electrons. The first-order valence-electron chi connectivity index (χ1n) is 8.79. The van der Waals surface area contributed by atoms with E-state index in [1.54, 1.807) is 55.5 Å². The molecular formula is C21H18N2O4S. The van der Waals surface area contributed by atoms with Crippen molar-refractivity contribution in [1.82, 2.24) is 0 Å². The number of Topliss-reactive ketones (excluding diaryl/α,β-unsaturated/α-hetero) is 1. The van der Waals surface area contributed by atoms with Crippen molar-refractivity contribution >= 4 is 43.9 Å². The summed E-state index contributed by atoms with van der Waals surface area (Å²) in [7, 11) is -3.84. The zero-order valence-corrected chi connectivity index (χ0v) is 16.2. The van der Waals surface area contributed by atoms with E-state index >= 15 is 0 Å². The third-order valence-corrected chi connectivity index (χ3v) is 6.81. The monoisotopic (exact) mass is 394 g/mol. The number of hydrogen-bond donors (Lipinski definition) is 1. The average Bonchev–Trinajstić information content (AvgIpc) is 2.90. The van der Waals surface area contributed by atoms with Crippen molar-refractivity contribution in [3.63, 3.8) is 0 Å². The molecule has 28 heavy (non-hydrogen) atoms. The molecule has 1 atom stereocenters. The fourth-order valence-electron chi connectivity index (χ4n) is 3.51. The summed E-state index contributed by atoms with van der Waals surface area (Å²) in [6, 6.07) is 16.0. The number of benzene rings is 3. The lowest BCUT2D eigenvalue weighted by molar-refractivity contribution is -0.116. The van der Waals surface area contributed by atoms with Gasteiger partial charge < -0.3 is 5.32 Å². The van der Waals surface area contributed by atoms with E-state index < -0.39 is 22.0 Å². The zero-order valence-electron chi connectivity index (χ0n) is 15.3. The Morgan fingerprint density at radius 2 is 1.68 bits per heavy atom. The van der Waals surface area contributed by atoms with E-state index in [0.29, 0.717) is 22.3 Å². The normalized spacial score (nSPS) is 15.4. The first-order valence-corrected chi connectivity index (χ1v) is 10.2. The van der Waals surface area contributed by atoms with Crippen LogP contribution in [0.15, 0.2) is 65.6 Å². The third kappa shape index (κ3) is 2.75. The molecule has 1 N–H and O–H groups in total. The van der Waals surface area contributed by atoms with E-state index in [-0.39, 0.29) is 10.7 Å². The molecule has 0 fully saturated rings. The molecule has 0 spiro atoms. The summed E-state index contributed by atoms with van der Waals surface area (Å²) in [6.45, 7) is 2.99. The molecule has 0 bridgehead atoms. The van der Waals surface area contributed by atoms with Crippen LogP contribution >= 0.6 is 0 Å². The number of amides is 1. The van der Waals surface area contributed by atoms with Crippen LogP contribution in [0.4, 0.5) is 11.4 Å². The van der Waals surface area contributed by atoms with Crippen molar-refractivity contribution in [2.75, 3.05) is 9.62 Å². The number of nitrogens with zero attached hydrogens (tertiary/aromatic N) is 1. The van der Waals surface area contributed by atoms with Gasteiger partial charge in [-0.3, -0.25) is 13.9 Å². The fourth-order valence-corrected chi connectivity index (χ4v) is 5.37. The summed E-state index contributed by atoms with van der Waals surface area (Å²) in [6.07, 6.45) is 0. The Hall–Kier alpha value is -3.19. The Morgan fingerprint density at radius 3 is 2.39 bits per heavy atom. The minimum atomic E-state index is -3.84. The third-order valence-electron chi connectivity index (χ3n) is 4.89. The minimum Gasteiger partial charge on any atom is -0.324 e. The highest BCUT2D eigenvalue weighted by Gasteiger charge is 2.40. The molecule has 7 heteroatoms. The van der Waals surface area contributed by atoms with Crippen LogP contribution in [0.25, 0.3) is 10.8 Å². The van der Waals surface area contributed by atoms with Gasteiger partial charge in [0.2, 0.25) is 5.91 Å². The number of carbonyl (C=O) groups is 2. The largest absolute Gasteiger partial charge is 0.324 e. The Balaban J connectivity index is 1.70. The van der Waals surface area contributed by atoms with E-state index in [0.717, 1.165) is 9.69 Å².